The number of rotatable bonds is 7. The van der Waals surface area contributed by atoms with Gasteiger partial charge in [0.05, 0.1) is 5.56 Å². The van der Waals surface area contributed by atoms with E-state index in [4.69, 9.17) is 0 Å². The number of nitrogens with zero attached hydrogens (tertiary/aromatic N) is 3. The van der Waals surface area contributed by atoms with E-state index in [1.54, 1.807) is 24.3 Å². The van der Waals surface area contributed by atoms with Crippen LogP contribution in [0, 0.1) is 5.92 Å². The van der Waals surface area contributed by atoms with Crippen LogP contribution in [0.25, 0.3) is 6.08 Å². The van der Waals surface area contributed by atoms with Gasteiger partial charge in [0.1, 0.15) is 0 Å². The summed E-state index contributed by atoms with van der Waals surface area (Å²) < 4.78 is 39.6. The third kappa shape index (κ3) is 5.87. The fourth-order valence-corrected chi connectivity index (χ4v) is 3.97. The summed E-state index contributed by atoms with van der Waals surface area (Å²) in [5.41, 5.74) is 0.868. The molecule has 1 aromatic heterocycles. The fraction of sp³-hybridized carbons (Fsp3) is 0.458. The molecule has 1 N–H and O–H groups in total. The van der Waals surface area contributed by atoms with Crippen molar-refractivity contribution >= 4 is 17.8 Å². The minimum atomic E-state index is -4.37. The number of halogens is 3. The average Bonchev–Trinajstić information content (AvgIpc) is 3.61. The number of carbonyl (C=O) groups excluding carboxylic acids is 1. The molecule has 0 unspecified atom stereocenters. The minimum Gasteiger partial charge on any atom is -0.354 e. The van der Waals surface area contributed by atoms with Crippen LogP contribution >= 0.6 is 0 Å². The standard InChI is InChI=1S/C24H27F3N4O/c25-24(26,27)20-6-2-1-5-19(20)16-18-11-14-31(15-12-18)22-10-9-21(29-30-22)23(32)28-13-3-4-17-7-8-17/h1-2,5-6,9-10,16-17H,3-4,7-8,11-15H2,(H,28,32). The predicted octanol–water partition coefficient (Wildman–Crippen LogP) is 5.10. The molecule has 2 heterocycles. The lowest BCUT2D eigenvalue weighted by Crippen LogP contribution is -2.32. The first kappa shape index (κ1) is 22.3. The number of amides is 1. The maximum Gasteiger partial charge on any atom is 0.416 e. The smallest absolute Gasteiger partial charge is 0.354 e. The molecule has 2 aromatic rings. The van der Waals surface area contributed by atoms with Crippen molar-refractivity contribution in [1.29, 1.82) is 0 Å². The van der Waals surface area contributed by atoms with Crippen LogP contribution < -0.4 is 10.2 Å². The summed E-state index contributed by atoms with van der Waals surface area (Å²) in [5.74, 6) is 1.31. The van der Waals surface area contributed by atoms with Gasteiger partial charge in [0.25, 0.3) is 5.91 Å². The van der Waals surface area contributed by atoms with Crippen LogP contribution in [0.3, 0.4) is 0 Å². The molecule has 1 saturated carbocycles. The molecule has 32 heavy (non-hydrogen) atoms. The quantitative estimate of drug-likeness (QED) is 0.604. The van der Waals surface area contributed by atoms with Crippen molar-refractivity contribution in [2.24, 2.45) is 5.92 Å². The Morgan fingerprint density at radius 1 is 1.09 bits per heavy atom. The second kappa shape index (κ2) is 9.71. The second-order valence-corrected chi connectivity index (χ2v) is 8.49. The molecule has 1 aromatic carbocycles. The molecule has 2 fully saturated rings. The van der Waals surface area contributed by atoms with Crippen molar-refractivity contribution in [3.63, 3.8) is 0 Å². The first-order chi connectivity index (χ1) is 15.4. The first-order valence-corrected chi connectivity index (χ1v) is 11.1. The molecule has 0 atom stereocenters. The fourth-order valence-electron chi connectivity index (χ4n) is 3.97. The number of benzene rings is 1. The van der Waals surface area contributed by atoms with Gasteiger partial charge >= 0.3 is 6.18 Å². The summed E-state index contributed by atoms with van der Waals surface area (Å²) in [7, 11) is 0. The van der Waals surface area contributed by atoms with Crippen molar-refractivity contribution in [2.75, 3.05) is 24.5 Å². The van der Waals surface area contributed by atoms with E-state index in [0.717, 1.165) is 30.4 Å². The molecule has 2 aliphatic rings. The Morgan fingerprint density at radius 3 is 2.50 bits per heavy atom. The van der Waals surface area contributed by atoms with Crippen molar-refractivity contribution in [3.05, 3.63) is 58.8 Å². The van der Waals surface area contributed by atoms with Gasteiger partial charge in [0, 0.05) is 19.6 Å². The summed E-state index contributed by atoms with van der Waals surface area (Å²) >= 11 is 0. The summed E-state index contributed by atoms with van der Waals surface area (Å²) in [6.07, 6.45) is 3.37. The van der Waals surface area contributed by atoms with E-state index in [1.807, 2.05) is 4.90 Å². The molecule has 1 saturated heterocycles. The Hall–Kier alpha value is -2.90. The van der Waals surface area contributed by atoms with Crippen LogP contribution in [0.5, 0.6) is 0 Å². The van der Waals surface area contributed by atoms with E-state index in [0.29, 0.717) is 44.0 Å². The highest BCUT2D eigenvalue weighted by Gasteiger charge is 2.32. The van der Waals surface area contributed by atoms with Gasteiger partial charge in [-0.25, -0.2) is 0 Å². The number of alkyl halides is 3. The zero-order chi connectivity index (χ0) is 22.6. The molecular formula is C24H27F3N4O. The van der Waals surface area contributed by atoms with Gasteiger partial charge in [-0.3, -0.25) is 4.79 Å². The van der Waals surface area contributed by atoms with E-state index >= 15 is 0 Å². The number of hydrogen-bond donors (Lipinski definition) is 1. The lowest BCUT2D eigenvalue weighted by molar-refractivity contribution is -0.137. The largest absolute Gasteiger partial charge is 0.416 e. The molecule has 8 heteroatoms. The molecule has 4 rings (SSSR count). The lowest BCUT2D eigenvalue weighted by atomic mass is 9.98. The van der Waals surface area contributed by atoms with Gasteiger partial charge in [0.2, 0.25) is 0 Å². The van der Waals surface area contributed by atoms with Crippen molar-refractivity contribution in [3.8, 4) is 0 Å². The number of nitrogens with one attached hydrogen (secondary N) is 1. The average molecular weight is 445 g/mol. The van der Waals surface area contributed by atoms with Gasteiger partial charge in [-0.15, -0.1) is 10.2 Å². The van der Waals surface area contributed by atoms with Crippen LogP contribution in [0.15, 0.2) is 42.0 Å². The topological polar surface area (TPSA) is 58.1 Å². The van der Waals surface area contributed by atoms with Gasteiger partial charge in [-0.2, -0.15) is 13.2 Å². The molecule has 1 aliphatic heterocycles. The molecule has 0 bridgehead atoms. The lowest BCUT2D eigenvalue weighted by Gasteiger charge is -2.29. The van der Waals surface area contributed by atoms with E-state index in [2.05, 4.69) is 15.5 Å². The summed E-state index contributed by atoms with van der Waals surface area (Å²) in [5, 5.41) is 11.1. The monoisotopic (exact) mass is 444 g/mol. The summed E-state index contributed by atoms with van der Waals surface area (Å²) in [4.78, 5) is 14.2. The predicted molar refractivity (Wildman–Crippen MR) is 117 cm³/mol. The third-order valence-corrected chi connectivity index (χ3v) is 6.01. The summed E-state index contributed by atoms with van der Waals surface area (Å²) in [6.45, 7) is 1.93. The van der Waals surface area contributed by atoms with E-state index in [1.165, 1.54) is 25.0 Å². The highest BCUT2D eigenvalue weighted by atomic mass is 19.4. The Kier molecular flexibility index (Phi) is 6.77. The minimum absolute atomic E-state index is 0.204. The van der Waals surface area contributed by atoms with Crippen LogP contribution in [0.4, 0.5) is 19.0 Å². The van der Waals surface area contributed by atoms with Crippen LogP contribution in [0.1, 0.15) is 60.1 Å². The summed E-state index contributed by atoms with van der Waals surface area (Å²) in [6, 6.07) is 9.09. The normalized spacial score (nSPS) is 16.7. The van der Waals surface area contributed by atoms with Gasteiger partial charge in [0.15, 0.2) is 11.5 Å². The number of piperidine rings is 1. The van der Waals surface area contributed by atoms with Gasteiger partial charge < -0.3 is 10.2 Å². The Balaban J connectivity index is 1.30. The SMILES string of the molecule is O=C(NCCCC1CC1)c1ccc(N2CCC(=Cc3ccccc3C(F)(F)F)CC2)nn1. The molecule has 0 radical (unpaired) electrons. The molecule has 1 aliphatic carbocycles. The third-order valence-electron chi connectivity index (χ3n) is 6.01. The highest BCUT2D eigenvalue weighted by Crippen LogP contribution is 2.34. The molecule has 0 spiro atoms. The zero-order valence-corrected chi connectivity index (χ0v) is 17.9. The van der Waals surface area contributed by atoms with Gasteiger partial charge in [-0.1, -0.05) is 42.7 Å². The Morgan fingerprint density at radius 2 is 1.84 bits per heavy atom. The van der Waals surface area contributed by atoms with E-state index < -0.39 is 11.7 Å². The van der Waals surface area contributed by atoms with E-state index in [-0.39, 0.29) is 11.5 Å². The highest BCUT2D eigenvalue weighted by molar-refractivity contribution is 5.92. The Bertz CT molecular complexity index is 958. The molecular weight excluding hydrogens is 417 g/mol. The van der Waals surface area contributed by atoms with Crippen molar-refractivity contribution < 1.29 is 18.0 Å². The van der Waals surface area contributed by atoms with Crippen molar-refractivity contribution in [2.45, 2.75) is 44.7 Å². The number of aromatic nitrogens is 2. The van der Waals surface area contributed by atoms with Crippen LogP contribution in [0.2, 0.25) is 0 Å². The van der Waals surface area contributed by atoms with Gasteiger partial charge in [-0.05, 0) is 55.4 Å². The van der Waals surface area contributed by atoms with Crippen LogP contribution in [-0.2, 0) is 6.18 Å². The van der Waals surface area contributed by atoms with Crippen molar-refractivity contribution in [1.82, 2.24) is 15.5 Å². The molecule has 1 amide bonds. The molecule has 170 valence electrons. The zero-order valence-electron chi connectivity index (χ0n) is 17.9. The Labute approximate surface area is 185 Å². The maximum atomic E-state index is 13.2. The number of anilines is 1. The molecule has 5 nitrogen and oxygen atoms in total. The first-order valence-electron chi connectivity index (χ1n) is 11.1. The van der Waals surface area contributed by atoms with Crippen LogP contribution in [-0.4, -0.2) is 35.7 Å². The maximum absolute atomic E-state index is 13.2. The van der Waals surface area contributed by atoms with E-state index in [9.17, 15) is 18.0 Å². The number of hydrogen-bond acceptors (Lipinski definition) is 4. The second-order valence-electron chi connectivity index (χ2n) is 8.49. The number of carbonyl (C=O) groups is 1.